The normalized spacial score (nSPS) is 10.5. The molecule has 2 rings (SSSR count). The third kappa shape index (κ3) is 1.39. The van der Waals surface area contributed by atoms with E-state index in [0.29, 0.717) is 11.1 Å². The summed E-state index contributed by atoms with van der Waals surface area (Å²) >= 11 is 0. The highest BCUT2D eigenvalue weighted by atomic mass is 19.1. The number of benzene rings is 1. The summed E-state index contributed by atoms with van der Waals surface area (Å²) in [6.45, 7) is 1.53. The van der Waals surface area contributed by atoms with Crippen molar-refractivity contribution in [3.05, 3.63) is 41.7 Å². The molecule has 0 amide bonds. The zero-order valence-corrected chi connectivity index (χ0v) is 7.51. The Morgan fingerprint density at radius 2 is 2.07 bits per heavy atom. The van der Waals surface area contributed by atoms with Crippen molar-refractivity contribution in [3.63, 3.8) is 0 Å². The van der Waals surface area contributed by atoms with Gasteiger partial charge in [0.2, 0.25) is 0 Å². The summed E-state index contributed by atoms with van der Waals surface area (Å²) in [5, 5.41) is 6.24. The number of nitrogens with zero attached hydrogens (tertiary/aromatic N) is 1. The molecule has 14 heavy (non-hydrogen) atoms. The van der Waals surface area contributed by atoms with Crippen LogP contribution in [0.3, 0.4) is 0 Å². The summed E-state index contributed by atoms with van der Waals surface area (Å²) in [6, 6.07) is 2.33. The molecule has 1 aromatic carbocycles. The highest BCUT2D eigenvalue weighted by Gasteiger charge is 2.10. The van der Waals surface area contributed by atoms with Crippen molar-refractivity contribution in [1.29, 1.82) is 0 Å². The molecule has 0 saturated carbocycles. The van der Waals surface area contributed by atoms with Crippen LogP contribution in [0.4, 0.5) is 8.78 Å². The number of aryl methyl sites for hydroxylation is 1. The average Bonchev–Trinajstić information content (AvgIpc) is 2.63. The van der Waals surface area contributed by atoms with E-state index in [4.69, 9.17) is 0 Å². The van der Waals surface area contributed by atoms with Gasteiger partial charge in [-0.25, -0.2) is 8.78 Å². The number of aromatic amines is 1. The first-order chi connectivity index (χ1) is 6.68. The van der Waals surface area contributed by atoms with Crippen LogP contribution in [0.25, 0.3) is 11.1 Å². The zero-order valence-electron chi connectivity index (χ0n) is 7.51. The summed E-state index contributed by atoms with van der Waals surface area (Å²) in [5.74, 6) is -0.854. The van der Waals surface area contributed by atoms with Crippen molar-refractivity contribution in [2.45, 2.75) is 6.92 Å². The molecular weight excluding hydrogens is 186 g/mol. The van der Waals surface area contributed by atoms with Gasteiger partial charge >= 0.3 is 0 Å². The Hall–Kier alpha value is -1.71. The standard InChI is InChI=1S/C10H8F2N2/c1-6-2-8(11)3-9(10(6)12)7-4-13-14-5-7/h2-5H,1H3,(H,13,14). The first kappa shape index (κ1) is 8.87. The molecule has 2 aromatic rings. The number of hydrogen-bond donors (Lipinski definition) is 1. The molecule has 0 bridgehead atoms. The number of nitrogens with one attached hydrogen (secondary N) is 1. The second kappa shape index (κ2) is 3.21. The molecule has 0 saturated heterocycles. The Morgan fingerprint density at radius 3 is 2.71 bits per heavy atom. The van der Waals surface area contributed by atoms with Gasteiger partial charge in [0.25, 0.3) is 0 Å². The molecule has 0 spiro atoms. The van der Waals surface area contributed by atoms with E-state index in [1.54, 1.807) is 0 Å². The third-order valence-corrected chi connectivity index (χ3v) is 2.03. The monoisotopic (exact) mass is 194 g/mol. The lowest BCUT2D eigenvalue weighted by Crippen LogP contribution is -1.89. The highest BCUT2D eigenvalue weighted by Crippen LogP contribution is 2.24. The maximum atomic E-state index is 13.5. The number of aromatic nitrogens is 2. The van der Waals surface area contributed by atoms with Crippen molar-refractivity contribution < 1.29 is 8.78 Å². The molecule has 0 fully saturated rings. The van der Waals surface area contributed by atoms with E-state index in [1.807, 2.05) is 0 Å². The summed E-state index contributed by atoms with van der Waals surface area (Å²) < 4.78 is 26.5. The van der Waals surface area contributed by atoms with Crippen LogP contribution in [0.1, 0.15) is 5.56 Å². The topological polar surface area (TPSA) is 28.7 Å². The molecule has 1 N–H and O–H groups in total. The van der Waals surface area contributed by atoms with E-state index in [1.165, 1.54) is 25.4 Å². The van der Waals surface area contributed by atoms with Gasteiger partial charge in [0.1, 0.15) is 11.6 Å². The van der Waals surface area contributed by atoms with E-state index >= 15 is 0 Å². The van der Waals surface area contributed by atoms with Crippen LogP contribution in [-0.4, -0.2) is 10.2 Å². The van der Waals surface area contributed by atoms with E-state index in [9.17, 15) is 8.78 Å². The molecule has 4 heteroatoms. The molecule has 0 aliphatic carbocycles. The fourth-order valence-corrected chi connectivity index (χ4v) is 1.33. The van der Waals surface area contributed by atoms with Gasteiger partial charge in [-0.15, -0.1) is 0 Å². The minimum absolute atomic E-state index is 0.233. The van der Waals surface area contributed by atoms with E-state index in [0.717, 1.165) is 6.07 Å². The van der Waals surface area contributed by atoms with Crippen LogP contribution in [0.2, 0.25) is 0 Å². The maximum absolute atomic E-state index is 13.5. The summed E-state index contributed by atoms with van der Waals surface area (Å²) in [4.78, 5) is 0. The Bertz CT molecular complexity index is 449. The molecule has 0 atom stereocenters. The highest BCUT2D eigenvalue weighted by molar-refractivity contribution is 5.63. The lowest BCUT2D eigenvalue weighted by molar-refractivity contribution is 0.595. The number of rotatable bonds is 1. The van der Waals surface area contributed by atoms with Gasteiger partial charge in [0, 0.05) is 17.3 Å². The van der Waals surface area contributed by atoms with E-state index in [2.05, 4.69) is 10.2 Å². The smallest absolute Gasteiger partial charge is 0.134 e. The van der Waals surface area contributed by atoms with E-state index < -0.39 is 11.6 Å². The summed E-state index contributed by atoms with van der Waals surface area (Å²) in [6.07, 6.45) is 2.98. The molecule has 1 aromatic heterocycles. The van der Waals surface area contributed by atoms with Crippen molar-refractivity contribution in [2.75, 3.05) is 0 Å². The summed E-state index contributed by atoms with van der Waals surface area (Å²) in [7, 11) is 0. The number of halogens is 2. The minimum Gasteiger partial charge on any atom is -0.285 e. The fraction of sp³-hybridized carbons (Fsp3) is 0.100. The van der Waals surface area contributed by atoms with Gasteiger partial charge in [-0.05, 0) is 24.6 Å². The first-order valence-corrected chi connectivity index (χ1v) is 4.13. The van der Waals surface area contributed by atoms with Gasteiger partial charge in [0.05, 0.1) is 6.20 Å². The molecule has 0 aliphatic heterocycles. The summed E-state index contributed by atoms with van der Waals surface area (Å²) in [5.41, 5.74) is 1.07. The van der Waals surface area contributed by atoms with Gasteiger partial charge in [-0.3, -0.25) is 5.10 Å². The number of H-pyrrole nitrogens is 1. The van der Waals surface area contributed by atoms with E-state index in [-0.39, 0.29) is 5.56 Å². The van der Waals surface area contributed by atoms with Crippen LogP contribution >= 0.6 is 0 Å². The quantitative estimate of drug-likeness (QED) is 0.742. The predicted octanol–water partition coefficient (Wildman–Crippen LogP) is 2.66. The maximum Gasteiger partial charge on any atom is 0.134 e. The Balaban J connectivity index is 2.64. The minimum atomic E-state index is -0.444. The fourth-order valence-electron chi connectivity index (χ4n) is 1.33. The Labute approximate surface area is 79.6 Å². The SMILES string of the molecule is Cc1cc(F)cc(-c2cn[nH]c2)c1F. The zero-order chi connectivity index (χ0) is 10.1. The second-order valence-electron chi connectivity index (χ2n) is 3.07. The van der Waals surface area contributed by atoms with Gasteiger partial charge in [0.15, 0.2) is 0 Å². The molecular formula is C10H8F2N2. The predicted molar refractivity (Wildman–Crippen MR) is 48.7 cm³/mol. The van der Waals surface area contributed by atoms with Gasteiger partial charge in [-0.1, -0.05) is 0 Å². The number of hydrogen-bond acceptors (Lipinski definition) is 1. The second-order valence-corrected chi connectivity index (χ2v) is 3.07. The van der Waals surface area contributed by atoms with Crippen LogP contribution in [0.15, 0.2) is 24.5 Å². The van der Waals surface area contributed by atoms with Crippen LogP contribution in [0, 0.1) is 18.6 Å². The van der Waals surface area contributed by atoms with Gasteiger partial charge < -0.3 is 0 Å². The lowest BCUT2D eigenvalue weighted by atomic mass is 10.1. The van der Waals surface area contributed by atoms with Crippen molar-refractivity contribution >= 4 is 0 Å². The molecule has 1 heterocycles. The molecule has 0 aliphatic rings. The van der Waals surface area contributed by atoms with Crippen LogP contribution < -0.4 is 0 Å². The average molecular weight is 194 g/mol. The van der Waals surface area contributed by atoms with Crippen LogP contribution in [0.5, 0.6) is 0 Å². The third-order valence-electron chi connectivity index (χ3n) is 2.03. The van der Waals surface area contributed by atoms with Gasteiger partial charge in [-0.2, -0.15) is 5.10 Å². The molecule has 2 nitrogen and oxygen atoms in total. The van der Waals surface area contributed by atoms with Crippen molar-refractivity contribution in [1.82, 2.24) is 10.2 Å². The molecule has 0 unspecified atom stereocenters. The Morgan fingerprint density at radius 1 is 1.29 bits per heavy atom. The van der Waals surface area contributed by atoms with Crippen molar-refractivity contribution in [2.24, 2.45) is 0 Å². The molecule has 72 valence electrons. The Kier molecular flexibility index (Phi) is 2.04. The van der Waals surface area contributed by atoms with Crippen molar-refractivity contribution in [3.8, 4) is 11.1 Å². The largest absolute Gasteiger partial charge is 0.285 e. The first-order valence-electron chi connectivity index (χ1n) is 4.13. The molecule has 0 radical (unpaired) electrons. The lowest BCUT2D eigenvalue weighted by Gasteiger charge is -2.03. The van der Waals surface area contributed by atoms with Crippen LogP contribution in [-0.2, 0) is 0 Å².